The van der Waals surface area contributed by atoms with Crippen LogP contribution in [0.25, 0.3) is 5.69 Å². The van der Waals surface area contributed by atoms with Gasteiger partial charge in [-0.25, -0.2) is 13.9 Å². The molecular formula is C24H27FN4O3. The number of benzene rings is 2. The minimum Gasteiger partial charge on any atom is -0.444 e. The number of carbonyl (C=O) groups excluding carboxylic acids is 2. The van der Waals surface area contributed by atoms with Gasteiger partial charge in [0.05, 0.1) is 17.9 Å². The summed E-state index contributed by atoms with van der Waals surface area (Å²) >= 11 is 0. The van der Waals surface area contributed by atoms with Crippen LogP contribution < -0.4 is 10.6 Å². The number of hydrogen-bond donors (Lipinski definition) is 2. The third kappa shape index (κ3) is 5.72. The van der Waals surface area contributed by atoms with E-state index in [2.05, 4.69) is 15.7 Å². The van der Waals surface area contributed by atoms with Crippen molar-refractivity contribution in [2.45, 2.75) is 46.3 Å². The van der Waals surface area contributed by atoms with E-state index in [4.69, 9.17) is 4.74 Å². The van der Waals surface area contributed by atoms with Crippen molar-refractivity contribution in [2.75, 3.05) is 5.32 Å². The second kappa shape index (κ2) is 9.21. The van der Waals surface area contributed by atoms with Crippen LogP contribution in [0.5, 0.6) is 0 Å². The molecule has 0 radical (unpaired) electrons. The van der Waals surface area contributed by atoms with E-state index in [1.807, 2.05) is 13.8 Å². The first-order chi connectivity index (χ1) is 15.0. The largest absolute Gasteiger partial charge is 0.444 e. The fourth-order valence-corrected chi connectivity index (χ4v) is 3.21. The lowest BCUT2D eigenvalue weighted by Gasteiger charge is -2.20. The van der Waals surface area contributed by atoms with Gasteiger partial charge in [0.1, 0.15) is 11.4 Å². The molecule has 3 rings (SSSR count). The number of nitrogens with zero attached hydrogens (tertiary/aromatic N) is 2. The minimum atomic E-state index is -0.620. The van der Waals surface area contributed by atoms with E-state index >= 15 is 0 Å². The summed E-state index contributed by atoms with van der Waals surface area (Å²) in [5.74, 6) is -0.609. The topological polar surface area (TPSA) is 85.2 Å². The summed E-state index contributed by atoms with van der Waals surface area (Å²) in [6, 6.07) is 12.3. The summed E-state index contributed by atoms with van der Waals surface area (Å²) in [6.45, 7) is 9.08. The van der Waals surface area contributed by atoms with E-state index in [1.54, 1.807) is 68.0 Å². The number of amides is 2. The molecule has 2 amide bonds. The Kier molecular flexibility index (Phi) is 6.62. The molecule has 8 heteroatoms. The van der Waals surface area contributed by atoms with Crippen molar-refractivity contribution in [2.24, 2.45) is 0 Å². The lowest BCUT2D eigenvalue weighted by Crippen LogP contribution is -2.28. The van der Waals surface area contributed by atoms with Crippen LogP contribution in [-0.2, 0) is 4.74 Å². The lowest BCUT2D eigenvalue weighted by molar-refractivity contribution is 0.0635. The van der Waals surface area contributed by atoms with Crippen LogP contribution in [0.4, 0.5) is 14.9 Å². The standard InChI is InChI=1S/C24H27FN4O3/c1-15(21-14-26-29(16(21)2)20-11-9-18(25)10-12-20)27-22(30)17-7-6-8-19(13-17)28-23(31)32-24(3,4)5/h6-15H,1-5H3,(H,27,30)(H,28,31). The summed E-state index contributed by atoms with van der Waals surface area (Å²) in [4.78, 5) is 24.8. The van der Waals surface area contributed by atoms with Gasteiger partial charge in [0, 0.05) is 22.5 Å². The van der Waals surface area contributed by atoms with Crippen LogP contribution in [0, 0.1) is 12.7 Å². The molecule has 0 aliphatic rings. The Morgan fingerprint density at radius 2 is 1.81 bits per heavy atom. The molecule has 1 unspecified atom stereocenters. The molecule has 32 heavy (non-hydrogen) atoms. The lowest BCUT2D eigenvalue weighted by atomic mass is 10.1. The van der Waals surface area contributed by atoms with E-state index in [1.165, 1.54) is 12.1 Å². The van der Waals surface area contributed by atoms with Gasteiger partial charge < -0.3 is 10.1 Å². The molecule has 168 valence electrons. The van der Waals surface area contributed by atoms with Gasteiger partial charge in [-0.05, 0) is 77.1 Å². The van der Waals surface area contributed by atoms with E-state index in [-0.39, 0.29) is 17.8 Å². The smallest absolute Gasteiger partial charge is 0.412 e. The number of ether oxygens (including phenoxy) is 1. The first-order valence-electron chi connectivity index (χ1n) is 10.2. The molecule has 1 aromatic heterocycles. The van der Waals surface area contributed by atoms with Gasteiger partial charge in [-0.3, -0.25) is 10.1 Å². The summed E-state index contributed by atoms with van der Waals surface area (Å²) in [6.07, 6.45) is 1.09. The quantitative estimate of drug-likeness (QED) is 0.576. The van der Waals surface area contributed by atoms with Crippen molar-refractivity contribution in [1.82, 2.24) is 15.1 Å². The van der Waals surface area contributed by atoms with E-state index in [0.717, 1.165) is 16.9 Å². The van der Waals surface area contributed by atoms with Crippen molar-refractivity contribution >= 4 is 17.7 Å². The molecule has 0 saturated heterocycles. The van der Waals surface area contributed by atoms with Gasteiger partial charge in [0.15, 0.2) is 0 Å². The molecule has 1 heterocycles. The highest BCUT2D eigenvalue weighted by Gasteiger charge is 2.19. The maximum absolute atomic E-state index is 13.2. The van der Waals surface area contributed by atoms with E-state index in [9.17, 15) is 14.0 Å². The Morgan fingerprint density at radius 3 is 2.47 bits per heavy atom. The molecule has 0 bridgehead atoms. The molecule has 2 aromatic carbocycles. The Bertz CT molecular complexity index is 1120. The highest BCUT2D eigenvalue weighted by atomic mass is 19.1. The van der Waals surface area contributed by atoms with Crippen LogP contribution in [0.3, 0.4) is 0 Å². The van der Waals surface area contributed by atoms with Crippen molar-refractivity contribution in [1.29, 1.82) is 0 Å². The fourth-order valence-electron chi connectivity index (χ4n) is 3.21. The number of hydrogen-bond acceptors (Lipinski definition) is 4. The van der Waals surface area contributed by atoms with Gasteiger partial charge in [-0.15, -0.1) is 0 Å². The van der Waals surface area contributed by atoms with Gasteiger partial charge in [-0.1, -0.05) is 6.07 Å². The van der Waals surface area contributed by atoms with Gasteiger partial charge >= 0.3 is 6.09 Å². The van der Waals surface area contributed by atoms with Crippen LogP contribution >= 0.6 is 0 Å². The molecular weight excluding hydrogens is 411 g/mol. The molecule has 7 nitrogen and oxygen atoms in total. The molecule has 2 N–H and O–H groups in total. The SMILES string of the molecule is Cc1c(C(C)NC(=O)c2cccc(NC(=O)OC(C)(C)C)c2)cnn1-c1ccc(F)cc1. The Labute approximate surface area is 186 Å². The first kappa shape index (κ1) is 23.0. The van der Waals surface area contributed by atoms with Crippen LogP contribution in [0.2, 0.25) is 0 Å². The first-order valence-corrected chi connectivity index (χ1v) is 10.2. The molecule has 3 aromatic rings. The molecule has 0 saturated carbocycles. The van der Waals surface area contributed by atoms with Gasteiger partial charge in [0.25, 0.3) is 5.91 Å². The van der Waals surface area contributed by atoms with E-state index in [0.29, 0.717) is 11.3 Å². The number of rotatable bonds is 5. The average molecular weight is 439 g/mol. The highest BCUT2D eigenvalue weighted by molar-refractivity contribution is 5.96. The molecule has 0 aliphatic carbocycles. The normalized spacial score (nSPS) is 12.2. The summed E-state index contributed by atoms with van der Waals surface area (Å²) in [7, 11) is 0. The van der Waals surface area contributed by atoms with Crippen LogP contribution in [0.1, 0.15) is 55.4 Å². The van der Waals surface area contributed by atoms with Gasteiger partial charge in [-0.2, -0.15) is 5.10 Å². The maximum Gasteiger partial charge on any atom is 0.412 e. The third-order valence-electron chi connectivity index (χ3n) is 4.70. The summed E-state index contributed by atoms with van der Waals surface area (Å²) in [5.41, 5.74) is 2.64. The fraction of sp³-hybridized carbons (Fsp3) is 0.292. The molecule has 0 spiro atoms. The van der Waals surface area contributed by atoms with E-state index < -0.39 is 11.7 Å². The Hall–Kier alpha value is -3.68. The average Bonchev–Trinajstić information content (AvgIpc) is 3.08. The Balaban J connectivity index is 1.70. The number of halogens is 1. The zero-order valence-electron chi connectivity index (χ0n) is 18.8. The van der Waals surface area contributed by atoms with Crippen molar-refractivity contribution < 1.29 is 18.7 Å². The second-order valence-electron chi connectivity index (χ2n) is 8.48. The zero-order chi connectivity index (χ0) is 23.5. The van der Waals surface area contributed by atoms with Crippen LogP contribution in [-0.4, -0.2) is 27.4 Å². The highest BCUT2D eigenvalue weighted by Crippen LogP contribution is 2.21. The zero-order valence-corrected chi connectivity index (χ0v) is 18.8. The number of anilines is 1. The predicted octanol–water partition coefficient (Wildman–Crippen LogP) is 5.16. The molecule has 0 fully saturated rings. The monoisotopic (exact) mass is 438 g/mol. The minimum absolute atomic E-state index is 0.292. The van der Waals surface area contributed by atoms with Gasteiger partial charge in [0.2, 0.25) is 0 Å². The predicted molar refractivity (Wildman–Crippen MR) is 120 cm³/mol. The maximum atomic E-state index is 13.2. The Morgan fingerprint density at radius 1 is 1.12 bits per heavy atom. The third-order valence-corrected chi connectivity index (χ3v) is 4.70. The van der Waals surface area contributed by atoms with Crippen molar-refractivity contribution in [3.8, 4) is 5.69 Å². The molecule has 1 atom stereocenters. The number of nitrogens with one attached hydrogen (secondary N) is 2. The number of aromatic nitrogens is 2. The van der Waals surface area contributed by atoms with Crippen molar-refractivity contribution in [3.63, 3.8) is 0 Å². The summed E-state index contributed by atoms with van der Waals surface area (Å²) < 4.78 is 20.1. The molecule has 0 aliphatic heterocycles. The summed E-state index contributed by atoms with van der Waals surface area (Å²) in [5, 5.41) is 9.96. The second-order valence-corrected chi connectivity index (χ2v) is 8.48. The van der Waals surface area contributed by atoms with Crippen LogP contribution in [0.15, 0.2) is 54.7 Å². The van der Waals surface area contributed by atoms with Crippen molar-refractivity contribution in [3.05, 3.63) is 77.4 Å². The number of carbonyl (C=O) groups is 2.